The zero-order valence-corrected chi connectivity index (χ0v) is 23.1. The van der Waals surface area contributed by atoms with Crippen molar-refractivity contribution in [2.45, 2.75) is 57.9 Å². The van der Waals surface area contributed by atoms with Crippen LogP contribution < -0.4 is 10.1 Å². The highest BCUT2D eigenvalue weighted by Gasteiger charge is 2.26. The summed E-state index contributed by atoms with van der Waals surface area (Å²) in [5.74, 6) is 0.279. The monoisotopic (exact) mass is 530 g/mol. The van der Waals surface area contributed by atoms with E-state index in [-0.39, 0.29) is 18.3 Å². The van der Waals surface area contributed by atoms with Crippen LogP contribution in [0.15, 0.2) is 72.1 Å². The van der Waals surface area contributed by atoms with Gasteiger partial charge in [-0.2, -0.15) is 0 Å². The number of esters is 1. The van der Waals surface area contributed by atoms with Crippen LogP contribution in [0.2, 0.25) is 0 Å². The van der Waals surface area contributed by atoms with E-state index in [4.69, 9.17) is 4.74 Å². The van der Waals surface area contributed by atoms with Crippen LogP contribution in [0.5, 0.6) is 5.75 Å². The number of fused-ring (bicyclic) bond motifs is 1. The summed E-state index contributed by atoms with van der Waals surface area (Å²) in [5, 5.41) is 4.98. The first kappa shape index (κ1) is 27.8. The van der Waals surface area contributed by atoms with E-state index >= 15 is 0 Å². The topological polar surface area (TPSA) is 58.6 Å². The van der Waals surface area contributed by atoms with Crippen LogP contribution in [-0.2, 0) is 28.9 Å². The van der Waals surface area contributed by atoms with Crippen molar-refractivity contribution in [3.63, 3.8) is 0 Å². The van der Waals surface area contributed by atoms with E-state index in [1.165, 1.54) is 22.1 Å². The van der Waals surface area contributed by atoms with Crippen LogP contribution in [0, 0.1) is 0 Å². The van der Waals surface area contributed by atoms with E-state index in [1.54, 1.807) is 6.08 Å². The number of amides is 1. The molecule has 1 aromatic heterocycles. The van der Waals surface area contributed by atoms with Gasteiger partial charge in [-0.1, -0.05) is 55.5 Å². The molecule has 1 amide bonds. The maximum atomic E-state index is 12.6. The Morgan fingerprint density at radius 3 is 2.74 bits per heavy atom. The van der Waals surface area contributed by atoms with Crippen molar-refractivity contribution in [3.8, 4) is 5.75 Å². The molecule has 0 radical (unpaired) electrons. The molecular weight excluding hydrogens is 492 g/mol. The third-order valence-electron chi connectivity index (χ3n) is 6.97. The first-order valence-corrected chi connectivity index (χ1v) is 14.6. The van der Waals surface area contributed by atoms with Crippen LogP contribution in [0.4, 0.5) is 0 Å². The molecular formula is C32H38N2O3S. The van der Waals surface area contributed by atoms with Gasteiger partial charge in [-0.25, -0.2) is 0 Å². The molecule has 2 aromatic carbocycles. The zero-order valence-electron chi connectivity index (χ0n) is 22.2. The number of hydrogen-bond acceptors (Lipinski definition) is 5. The second kappa shape index (κ2) is 14.6. The van der Waals surface area contributed by atoms with E-state index in [0.29, 0.717) is 24.8 Å². The van der Waals surface area contributed by atoms with Crippen LogP contribution in [0.3, 0.4) is 0 Å². The smallest absolute Gasteiger partial charge is 0.311 e. The average molecular weight is 531 g/mol. The fourth-order valence-corrected chi connectivity index (χ4v) is 5.74. The molecule has 0 saturated carbocycles. The Bertz CT molecular complexity index is 1190. The van der Waals surface area contributed by atoms with Gasteiger partial charge >= 0.3 is 5.97 Å². The first-order chi connectivity index (χ1) is 18.6. The molecule has 0 spiro atoms. The molecule has 38 heavy (non-hydrogen) atoms. The van der Waals surface area contributed by atoms with Gasteiger partial charge in [-0.05, 0) is 85.3 Å². The van der Waals surface area contributed by atoms with E-state index in [0.717, 1.165) is 50.8 Å². The lowest BCUT2D eigenvalue weighted by Gasteiger charge is -2.35. The van der Waals surface area contributed by atoms with Crippen LogP contribution in [0.1, 0.15) is 54.2 Å². The molecule has 1 atom stereocenters. The van der Waals surface area contributed by atoms with Crippen molar-refractivity contribution in [3.05, 3.63) is 93.7 Å². The van der Waals surface area contributed by atoms with Crippen molar-refractivity contribution >= 4 is 29.3 Å². The minimum Gasteiger partial charge on any atom is -0.426 e. The van der Waals surface area contributed by atoms with E-state index < -0.39 is 0 Å². The summed E-state index contributed by atoms with van der Waals surface area (Å²) in [6.07, 6.45) is 9.34. The number of carbonyl (C=O) groups excluding carboxylic acids is 2. The van der Waals surface area contributed by atoms with Crippen molar-refractivity contribution in [2.24, 2.45) is 0 Å². The van der Waals surface area contributed by atoms with Crippen molar-refractivity contribution in [1.29, 1.82) is 0 Å². The summed E-state index contributed by atoms with van der Waals surface area (Å²) in [6.45, 7) is 4.87. The Labute approximate surface area is 230 Å². The highest BCUT2D eigenvalue weighted by atomic mass is 32.1. The first-order valence-electron chi connectivity index (χ1n) is 13.7. The zero-order chi connectivity index (χ0) is 26.6. The minimum absolute atomic E-state index is 0.165. The third kappa shape index (κ3) is 8.40. The van der Waals surface area contributed by atoms with Gasteiger partial charge in [0.05, 0.1) is 0 Å². The molecule has 0 fully saturated rings. The van der Waals surface area contributed by atoms with Gasteiger partial charge in [0.25, 0.3) is 0 Å². The highest BCUT2D eigenvalue weighted by molar-refractivity contribution is 7.09. The van der Waals surface area contributed by atoms with Crippen molar-refractivity contribution in [1.82, 2.24) is 10.2 Å². The van der Waals surface area contributed by atoms with Gasteiger partial charge in [-0.15, -0.1) is 11.3 Å². The predicted molar refractivity (Wildman–Crippen MR) is 155 cm³/mol. The van der Waals surface area contributed by atoms with E-state index in [1.807, 2.05) is 53.8 Å². The summed E-state index contributed by atoms with van der Waals surface area (Å²) in [5.41, 5.74) is 3.44. The van der Waals surface area contributed by atoms with Crippen molar-refractivity contribution in [2.75, 3.05) is 19.6 Å². The Morgan fingerprint density at radius 1 is 1.08 bits per heavy atom. The Balaban J connectivity index is 1.23. The largest absolute Gasteiger partial charge is 0.426 e. The van der Waals surface area contributed by atoms with Crippen LogP contribution in [-0.4, -0.2) is 42.5 Å². The van der Waals surface area contributed by atoms with Gasteiger partial charge in [-0.3, -0.25) is 14.5 Å². The fraction of sp³-hybridized carbons (Fsp3) is 0.375. The third-order valence-corrected chi connectivity index (χ3v) is 7.91. The lowest BCUT2D eigenvalue weighted by atomic mass is 9.86. The molecule has 1 heterocycles. The number of thiophene rings is 1. The van der Waals surface area contributed by atoms with Crippen LogP contribution >= 0.6 is 11.3 Å². The summed E-state index contributed by atoms with van der Waals surface area (Å²) >= 11 is 1.84. The molecule has 4 rings (SSSR count). The van der Waals surface area contributed by atoms with Gasteiger partial charge in [0.1, 0.15) is 5.75 Å². The average Bonchev–Trinajstić information content (AvgIpc) is 3.46. The quantitative estimate of drug-likeness (QED) is 0.126. The Hall–Kier alpha value is -3.22. The van der Waals surface area contributed by atoms with Gasteiger partial charge in [0.15, 0.2) is 0 Å². The molecule has 1 aliphatic rings. The van der Waals surface area contributed by atoms with Crippen molar-refractivity contribution < 1.29 is 14.3 Å². The molecule has 6 heteroatoms. The number of rotatable bonds is 13. The fourth-order valence-electron chi connectivity index (χ4n) is 5.05. The normalized spacial score (nSPS) is 14.9. The van der Waals surface area contributed by atoms with Gasteiger partial charge in [0.2, 0.25) is 5.91 Å². The maximum absolute atomic E-state index is 12.6. The number of nitrogens with zero attached hydrogens (tertiary/aromatic N) is 1. The molecule has 1 aliphatic carbocycles. The maximum Gasteiger partial charge on any atom is 0.311 e. The number of carbonyl (C=O) groups is 2. The summed E-state index contributed by atoms with van der Waals surface area (Å²) < 4.78 is 5.79. The molecule has 1 unspecified atom stereocenters. The number of benzene rings is 2. The second-order valence-electron chi connectivity index (χ2n) is 9.77. The Morgan fingerprint density at radius 2 is 1.95 bits per heavy atom. The summed E-state index contributed by atoms with van der Waals surface area (Å²) in [7, 11) is 0. The SMILES string of the molecule is CCCN(CCc1cccs1)C1CCc2c(cccc2OC(=O)CCCNC(=O)/C=C/c2ccccc2)C1. The highest BCUT2D eigenvalue weighted by Crippen LogP contribution is 2.32. The van der Waals surface area contributed by atoms with E-state index in [9.17, 15) is 9.59 Å². The molecule has 0 saturated heterocycles. The van der Waals surface area contributed by atoms with Crippen LogP contribution in [0.25, 0.3) is 6.08 Å². The molecule has 5 nitrogen and oxygen atoms in total. The second-order valence-corrected chi connectivity index (χ2v) is 10.8. The lowest BCUT2D eigenvalue weighted by Crippen LogP contribution is -2.41. The summed E-state index contributed by atoms with van der Waals surface area (Å²) in [6, 6.07) is 20.6. The van der Waals surface area contributed by atoms with Gasteiger partial charge < -0.3 is 10.1 Å². The molecule has 200 valence electrons. The number of nitrogens with one attached hydrogen (secondary N) is 1. The summed E-state index contributed by atoms with van der Waals surface area (Å²) in [4.78, 5) is 28.7. The van der Waals surface area contributed by atoms with E-state index in [2.05, 4.69) is 40.7 Å². The molecule has 0 bridgehead atoms. The number of ether oxygens (including phenoxy) is 1. The number of hydrogen-bond donors (Lipinski definition) is 1. The minimum atomic E-state index is -0.252. The molecule has 0 aliphatic heterocycles. The standard InChI is InChI=1S/C32H38N2O3S/c1-2-21-34(22-19-28-12-8-23-38-28)27-16-17-29-26(24-27)11-6-13-30(29)37-32(36)14-7-20-33-31(35)18-15-25-9-4-3-5-10-25/h3-6,8-13,15,18,23,27H,2,7,14,16-17,19-22,24H2,1H3,(H,33,35)/b18-15+. The Kier molecular flexibility index (Phi) is 10.7. The van der Waals surface area contributed by atoms with Gasteiger partial charge in [0, 0.05) is 36.5 Å². The molecule has 3 aromatic rings. The lowest BCUT2D eigenvalue weighted by molar-refractivity contribution is -0.134. The predicted octanol–water partition coefficient (Wildman–Crippen LogP) is 6.08. The molecule has 1 N–H and O–H groups in total.